The van der Waals surface area contributed by atoms with Crippen molar-refractivity contribution in [3.8, 4) is 22.3 Å². The zero-order chi connectivity index (χ0) is 26.3. The first-order valence-corrected chi connectivity index (χ1v) is 11.5. The molecule has 0 bridgehead atoms. The fourth-order valence-electron chi connectivity index (χ4n) is 4.38. The summed E-state index contributed by atoms with van der Waals surface area (Å²) < 4.78 is 47.4. The molecule has 37 heavy (non-hydrogen) atoms. The van der Waals surface area contributed by atoms with Gasteiger partial charge in [-0.2, -0.15) is 0 Å². The summed E-state index contributed by atoms with van der Waals surface area (Å²) >= 11 is 0. The topological polar surface area (TPSA) is 86.9 Å². The van der Waals surface area contributed by atoms with Gasteiger partial charge in [0.1, 0.15) is 11.4 Å². The van der Waals surface area contributed by atoms with E-state index in [0.29, 0.717) is 33.2 Å². The number of carbonyl (C=O) groups excluding carboxylic acids is 1. The Morgan fingerprint density at radius 3 is 2.38 bits per heavy atom. The molecular formula is C27H22F3N3O4. The number of furan rings is 1. The number of pyridine rings is 1. The van der Waals surface area contributed by atoms with Crippen molar-refractivity contribution in [1.29, 1.82) is 0 Å². The van der Waals surface area contributed by atoms with Gasteiger partial charge >= 0.3 is 6.09 Å². The van der Waals surface area contributed by atoms with E-state index in [1.54, 1.807) is 42.5 Å². The Balaban J connectivity index is 1.53. The molecule has 0 aliphatic carbocycles. The molecule has 1 fully saturated rings. The van der Waals surface area contributed by atoms with Crippen LogP contribution in [0.1, 0.15) is 23.2 Å². The number of fused-ring (bicyclic) bond motifs is 1. The average molecular weight is 509 g/mol. The lowest BCUT2D eigenvalue weighted by Crippen LogP contribution is -2.42. The largest absolute Gasteiger partial charge is 0.465 e. The number of hydrogen-bond donors (Lipinski definition) is 1. The maximum atomic E-state index is 14.7. The molecule has 0 unspecified atom stereocenters. The van der Waals surface area contributed by atoms with Gasteiger partial charge in [-0.3, -0.25) is 14.7 Å². The molecule has 190 valence electrons. The molecule has 2 aromatic carbocycles. The van der Waals surface area contributed by atoms with Gasteiger partial charge in [0.25, 0.3) is 11.8 Å². The number of halogens is 3. The third-order valence-electron chi connectivity index (χ3n) is 6.53. The summed E-state index contributed by atoms with van der Waals surface area (Å²) in [6, 6.07) is 13.3. The van der Waals surface area contributed by atoms with Gasteiger partial charge in [0.2, 0.25) is 5.88 Å². The molecule has 0 radical (unpaired) electrons. The van der Waals surface area contributed by atoms with E-state index >= 15 is 0 Å². The van der Waals surface area contributed by atoms with Crippen LogP contribution >= 0.6 is 0 Å². The van der Waals surface area contributed by atoms with Crippen molar-refractivity contribution in [3.63, 3.8) is 0 Å². The molecule has 1 saturated heterocycles. The maximum absolute atomic E-state index is 14.7. The molecule has 10 heteroatoms. The van der Waals surface area contributed by atoms with Crippen LogP contribution in [0.25, 0.3) is 33.2 Å². The first-order chi connectivity index (χ1) is 17.6. The summed E-state index contributed by atoms with van der Waals surface area (Å²) in [5.41, 5.74) is 2.73. The number of anilines is 1. The lowest BCUT2D eigenvalue weighted by Gasteiger charge is -2.31. The maximum Gasteiger partial charge on any atom is 0.413 e. The number of piperidine rings is 1. The highest BCUT2D eigenvalue weighted by Gasteiger charge is 2.35. The third kappa shape index (κ3) is 4.74. The van der Waals surface area contributed by atoms with E-state index in [9.17, 15) is 27.9 Å². The Labute approximate surface area is 209 Å². The van der Waals surface area contributed by atoms with Crippen molar-refractivity contribution in [3.05, 3.63) is 72.3 Å². The van der Waals surface area contributed by atoms with Crippen LogP contribution in [0.2, 0.25) is 0 Å². The van der Waals surface area contributed by atoms with Crippen LogP contribution in [0.5, 0.6) is 0 Å². The number of nitrogens with zero attached hydrogens (tertiary/aromatic N) is 3. The SMILES string of the molecule is CN(C(=O)O)c1cc2cc(-c3ccc(C(=O)N4CCC(F)(F)CC4)cc3)cc(-c3ccncc3F)c2o1. The summed E-state index contributed by atoms with van der Waals surface area (Å²) in [6.45, 7) is -0.00254. The van der Waals surface area contributed by atoms with Crippen LogP contribution in [0.4, 0.5) is 23.8 Å². The highest BCUT2D eigenvalue weighted by molar-refractivity contribution is 6.00. The Hall–Kier alpha value is -4.34. The molecule has 4 aromatic rings. The molecule has 2 amide bonds. The smallest absolute Gasteiger partial charge is 0.413 e. The monoisotopic (exact) mass is 509 g/mol. The number of likely N-dealkylation sites (tertiary alicyclic amines) is 1. The highest BCUT2D eigenvalue weighted by atomic mass is 19.3. The first-order valence-electron chi connectivity index (χ1n) is 11.5. The summed E-state index contributed by atoms with van der Waals surface area (Å²) in [5, 5.41) is 9.90. The van der Waals surface area contributed by atoms with Crippen molar-refractivity contribution in [1.82, 2.24) is 9.88 Å². The minimum absolute atomic E-state index is 0.00127. The quantitative estimate of drug-likeness (QED) is 0.350. The molecule has 1 N–H and O–H groups in total. The van der Waals surface area contributed by atoms with Gasteiger partial charge in [0.05, 0.1) is 6.20 Å². The molecular weight excluding hydrogens is 487 g/mol. The van der Waals surface area contributed by atoms with Crippen LogP contribution in [0, 0.1) is 5.82 Å². The van der Waals surface area contributed by atoms with Gasteiger partial charge in [0, 0.05) is 67.3 Å². The van der Waals surface area contributed by atoms with Crippen LogP contribution in [-0.4, -0.2) is 53.1 Å². The summed E-state index contributed by atoms with van der Waals surface area (Å²) in [7, 11) is 1.34. The van der Waals surface area contributed by atoms with Crippen molar-refractivity contribution < 1.29 is 32.3 Å². The molecule has 1 aliphatic rings. The van der Waals surface area contributed by atoms with E-state index in [1.165, 1.54) is 24.2 Å². The van der Waals surface area contributed by atoms with Crippen molar-refractivity contribution >= 4 is 28.9 Å². The van der Waals surface area contributed by atoms with E-state index in [1.807, 2.05) is 0 Å². The van der Waals surface area contributed by atoms with E-state index in [2.05, 4.69) is 4.98 Å². The molecule has 0 atom stereocenters. The number of alkyl halides is 2. The minimum Gasteiger partial charge on any atom is -0.465 e. The highest BCUT2D eigenvalue weighted by Crippen LogP contribution is 2.39. The second-order valence-electron chi connectivity index (χ2n) is 8.95. The number of carboxylic acid groups (broad SMARTS) is 1. The number of amides is 2. The average Bonchev–Trinajstić information content (AvgIpc) is 3.32. The predicted molar refractivity (Wildman–Crippen MR) is 131 cm³/mol. The Morgan fingerprint density at radius 2 is 1.73 bits per heavy atom. The number of aromatic nitrogens is 1. The molecule has 0 saturated carbocycles. The van der Waals surface area contributed by atoms with Gasteiger partial charge in [-0.15, -0.1) is 0 Å². The molecule has 3 heterocycles. The zero-order valence-corrected chi connectivity index (χ0v) is 19.7. The fourth-order valence-corrected chi connectivity index (χ4v) is 4.38. The van der Waals surface area contributed by atoms with Crippen LogP contribution in [0.3, 0.4) is 0 Å². The second-order valence-corrected chi connectivity index (χ2v) is 8.95. The number of hydrogen-bond acceptors (Lipinski definition) is 4. The zero-order valence-electron chi connectivity index (χ0n) is 19.7. The third-order valence-corrected chi connectivity index (χ3v) is 6.53. The van der Waals surface area contributed by atoms with E-state index in [-0.39, 0.29) is 43.3 Å². The lowest BCUT2D eigenvalue weighted by atomic mass is 9.96. The normalized spacial score (nSPS) is 15.1. The molecule has 0 spiro atoms. The Bertz CT molecular complexity index is 1490. The second kappa shape index (κ2) is 9.27. The molecule has 1 aliphatic heterocycles. The summed E-state index contributed by atoms with van der Waals surface area (Å²) in [6.07, 6.45) is 0.608. The fraction of sp³-hybridized carbons (Fsp3) is 0.222. The minimum atomic E-state index is -2.74. The van der Waals surface area contributed by atoms with E-state index in [0.717, 1.165) is 11.1 Å². The lowest BCUT2D eigenvalue weighted by molar-refractivity contribution is -0.0494. The van der Waals surface area contributed by atoms with Gasteiger partial charge in [0.15, 0.2) is 0 Å². The van der Waals surface area contributed by atoms with Crippen LogP contribution < -0.4 is 4.90 Å². The molecule has 5 rings (SSSR count). The number of carbonyl (C=O) groups is 2. The Morgan fingerprint density at radius 1 is 1.03 bits per heavy atom. The van der Waals surface area contributed by atoms with Crippen molar-refractivity contribution in [2.24, 2.45) is 0 Å². The van der Waals surface area contributed by atoms with Crippen molar-refractivity contribution in [2.45, 2.75) is 18.8 Å². The van der Waals surface area contributed by atoms with Gasteiger partial charge in [-0.25, -0.2) is 18.0 Å². The summed E-state index contributed by atoms with van der Waals surface area (Å²) in [4.78, 5) is 30.4. The Kier molecular flexibility index (Phi) is 6.10. The van der Waals surface area contributed by atoms with Crippen molar-refractivity contribution in [2.75, 3.05) is 25.0 Å². The summed E-state index contributed by atoms with van der Waals surface area (Å²) in [5.74, 6) is -3.55. The number of rotatable bonds is 4. The van der Waals surface area contributed by atoms with Gasteiger partial charge < -0.3 is 14.4 Å². The van der Waals surface area contributed by atoms with E-state index in [4.69, 9.17) is 4.42 Å². The van der Waals surface area contributed by atoms with Gasteiger partial charge in [-0.05, 0) is 41.5 Å². The molecule has 7 nitrogen and oxygen atoms in total. The van der Waals surface area contributed by atoms with Crippen LogP contribution in [0.15, 0.2) is 65.3 Å². The van der Waals surface area contributed by atoms with Crippen LogP contribution in [-0.2, 0) is 0 Å². The van der Waals surface area contributed by atoms with E-state index < -0.39 is 17.8 Å². The first kappa shape index (κ1) is 24.4. The number of benzene rings is 2. The molecule has 2 aromatic heterocycles. The predicted octanol–water partition coefficient (Wildman–Crippen LogP) is 6.29. The van der Waals surface area contributed by atoms with Gasteiger partial charge in [-0.1, -0.05) is 12.1 Å². The standard InChI is InChI=1S/C27H22F3N3O4/c1-32(26(35)36)23-14-19-12-18(13-21(24(19)37-23)20-6-9-31-15-22(20)28)16-2-4-17(5-3-16)25(34)33-10-7-27(29,30)8-11-33/h2-6,9,12-15H,7-8,10-11H2,1H3,(H,35,36).